The van der Waals surface area contributed by atoms with Gasteiger partial charge in [-0.25, -0.2) is 0 Å². The fourth-order valence-electron chi connectivity index (χ4n) is 5.00. The van der Waals surface area contributed by atoms with E-state index in [-0.39, 0.29) is 44.5 Å². The first-order valence-corrected chi connectivity index (χ1v) is 17.5. The molecule has 0 aromatic heterocycles. The predicted octanol–water partition coefficient (Wildman–Crippen LogP) is 10.4. The summed E-state index contributed by atoms with van der Waals surface area (Å²) in [6, 6.07) is 17.1. The Labute approximate surface area is 294 Å². The van der Waals surface area contributed by atoms with Crippen molar-refractivity contribution in [2.24, 2.45) is 0 Å². The van der Waals surface area contributed by atoms with E-state index in [0.29, 0.717) is 48.8 Å². The van der Waals surface area contributed by atoms with Crippen LogP contribution in [0.15, 0.2) is 48.5 Å². The van der Waals surface area contributed by atoms with E-state index in [9.17, 15) is 20.1 Å². The van der Waals surface area contributed by atoms with Gasteiger partial charge < -0.3 is 19.3 Å². The molecule has 0 unspecified atom stereocenters. The first kappa shape index (κ1) is 38.2. The molecular formula is C38H44Cl2N4O4. The van der Waals surface area contributed by atoms with Crippen LogP contribution in [0.1, 0.15) is 111 Å². The number of unbranched alkanes of at least 4 members (excludes halogenated alkanes) is 4. The van der Waals surface area contributed by atoms with E-state index in [4.69, 9.17) is 32.7 Å². The monoisotopic (exact) mass is 690 g/mol. The third kappa shape index (κ3) is 9.89. The van der Waals surface area contributed by atoms with Gasteiger partial charge in [0.2, 0.25) is 0 Å². The highest BCUT2D eigenvalue weighted by atomic mass is 35.5. The second-order valence-corrected chi connectivity index (χ2v) is 12.3. The van der Waals surface area contributed by atoms with Gasteiger partial charge in [-0.05, 0) is 74.2 Å². The molecule has 0 bridgehead atoms. The average Bonchev–Trinajstić information content (AvgIpc) is 3.11. The number of hydrogen-bond donors (Lipinski definition) is 0. The van der Waals surface area contributed by atoms with Crippen LogP contribution < -0.4 is 9.47 Å². The lowest BCUT2D eigenvalue weighted by Crippen LogP contribution is -2.32. The minimum absolute atomic E-state index is 0.0561. The molecule has 0 fully saturated rings. The van der Waals surface area contributed by atoms with Crippen molar-refractivity contribution < 1.29 is 19.1 Å². The van der Waals surface area contributed by atoms with Crippen LogP contribution in [0.2, 0.25) is 10.0 Å². The number of carbonyl (C=O) groups is 2. The van der Waals surface area contributed by atoms with E-state index < -0.39 is 0 Å². The molecule has 0 saturated carbocycles. The highest BCUT2D eigenvalue weighted by Crippen LogP contribution is 2.48. The van der Waals surface area contributed by atoms with Crippen molar-refractivity contribution in [2.45, 2.75) is 79.1 Å². The summed E-state index contributed by atoms with van der Waals surface area (Å²) in [5.41, 5.74) is 0.726. The SMILES string of the molecule is CCCCN(CCCC)C(=O)c1ccc(Oc2c(Cl)c(Cl)c(C#N)c(C#N)c2Oc2ccc(C(=O)N(CCCC)CCCC)cc2)cc1. The van der Waals surface area contributed by atoms with Gasteiger partial charge in [-0.3, -0.25) is 9.59 Å². The molecule has 0 heterocycles. The molecule has 0 aliphatic rings. The van der Waals surface area contributed by atoms with Gasteiger partial charge in [0.25, 0.3) is 11.8 Å². The van der Waals surface area contributed by atoms with Gasteiger partial charge >= 0.3 is 0 Å². The van der Waals surface area contributed by atoms with E-state index in [1.165, 1.54) is 0 Å². The predicted molar refractivity (Wildman–Crippen MR) is 190 cm³/mol. The Bertz CT molecular complexity index is 1600. The number of halogens is 2. The van der Waals surface area contributed by atoms with Gasteiger partial charge in [0.15, 0.2) is 11.5 Å². The molecule has 48 heavy (non-hydrogen) atoms. The Balaban J connectivity index is 1.94. The largest absolute Gasteiger partial charge is 0.452 e. The van der Waals surface area contributed by atoms with Gasteiger partial charge in [-0.15, -0.1) is 0 Å². The molecule has 10 heteroatoms. The summed E-state index contributed by atoms with van der Waals surface area (Å²) < 4.78 is 12.3. The number of ether oxygens (including phenoxy) is 2. The molecule has 2 amide bonds. The lowest BCUT2D eigenvalue weighted by molar-refractivity contribution is 0.0743. The van der Waals surface area contributed by atoms with E-state index in [1.54, 1.807) is 48.5 Å². The Morgan fingerprint density at radius 1 is 0.583 bits per heavy atom. The molecule has 3 aromatic carbocycles. The summed E-state index contributed by atoms with van der Waals surface area (Å²) in [5, 5.41) is 19.6. The van der Waals surface area contributed by atoms with Crippen molar-refractivity contribution in [1.29, 1.82) is 10.5 Å². The van der Waals surface area contributed by atoms with Crippen molar-refractivity contribution in [3.63, 3.8) is 0 Å². The maximum absolute atomic E-state index is 13.3. The van der Waals surface area contributed by atoms with E-state index in [0.717, 1.165) is 51.4 Å². The zero-order valence-corrected chi connectivity index (χ0v) is 29.8. The van der Waals surface area contributed by atoms with Gasteiger partial charge in [0.1, 0.15) is 34.2 Å². The van der Waals surface area contributed by atoms with Crippen molar-refractivity contribution in [3.8, 4) is 35.1 Å². The normalized spacial score (nSPS) is 10.6. The smallest absolute Gasteiger partial charge is 0.253 e. The fraction of sp³-hybridized carbons (Fsp3) is 0.421. The average molecular weight is 692 g/mol. The van der Waals surface area contributed by atoms with Crippen LogP contribution in [0.4, 0.5) is 0 Å². The molecule has 0 atom stereocenters. The zero-order valence-electron chi connectivity index (χ0n) is 28.3. The van der Waals surface area contributed by atoms with Crippen LogP contribution in [0, 0.1) is 22.7 Å². The lowest BCUT2D eigenvalue weighted by atomic mass is 10.1. The van der Waals surface area contributed by atoms with Gasteiger partial charge in [0.05, 0.1) is 10.6 Å². The molecular weight excluding hydrogens is 647 g/mol. The quantitative estimate of drug-likeness (QED) is 0.131. The number of benzene rings is 3. The first-order valence-electron chi connectivity index (χ1n) is 16.7. The van der Waals surface area contributed by atoms with Crippen molar-refractivity contribution in [2.75, 3.05) is 26.2 Å². The molecule has 254 valence electrons. The van der Waals surface area contributed by atoms with Crippen molar-refractivity contribution >= 4 is 35.0 Å². The van der Waals surface area contributed by atoms with Crippen LogP contribution in [0.5, 0.6) is 23.0 Å². The Morgan fingerprint density at radius 3 is 1.27 bits per heavy atom. The van der Waals surface area contributed by atoms with Gasteiger partial charge in [-0.2, -0.15) is 10.5 Å². The Morgan fingerprint density at radius 2 is 0.938 bits per heavy atom. The summed E-state index contributed by atoms with van der Waals surface area (Å²) in [6.45, 7) is 11.1. The van der Waals surface area contributed by atoms with Crippen LogP contribution in [-0.2, 0) is 0 Å². The first-order chi connectivity index (χ1) is 23.2. The molecule has 0 radical (unpaired) electrons. The molecule has 0 aliphatic heterocycles. The molecule has 3 aromatic rings. The third-order valence-corrected chi connectivity index (χ3v) is 8.70. The molecule has 0 aliphatic carbocycles. The summed E-state index contributed by atoms with van der Waals surface area (Å²) >= 11 is 13.1. The lowest BCUT2D eigenvalue weighted by Gasteiger charge is -2.23. The third-order valence-electron chi connectivity index (χ3n) is 7.86. The maximum atomic E-state index is 13.3. The number of hydrogen-bond acceptors (Lipinski definition) is 6. The second-order valence-electron chi connectivity index (χ2n) is 11.5. The topological polar surface area (TPSA) is 107 Å². The molecule has 0 saturated heterocycles. The van der Waals surface area contributed by atoms with E-state index in [1.807, 2.05) is 21.9 Å². The van der Waals surface area contributed by atoms with Crippen molar-refractivity contribution in [3.05, 3.63) is 80.8 Å². The number of amides is 2. The standard InChI is InChI=1S/C38H44Cl2N4O4/c1-5-9-21-43(22-10-6-2)37(45)27-13-17-29(18-14-27)47-35-32(26-42)31(25-41)33(39)34(40)36(35)48-30-19-15-28(16-20-30)38(46)44(23-11-7-3)24-12-8-4/h13-20H,5-12,21-24H2,1-4H3. The van der Waals surface area contributed by atoms with Crippen LogP contribution in [0.3, 0.4) is 0 Å². The second kappa shape index (κ2) is 19.5. The summed E-state index contributed by atoms with van der Waals surface area (Å²) in [6.07, 6.45) is 7.65. The minimum Gasteiger partial charge on any atom is -0.452 e. The number of rotatable bonds is 18. The van der Waals surface area contributed by atoms with E-state index in [2.05, 4.69) is 27.7 Å². The van der Waals surface area contributed by atoms with Crippen LogP contribution in [0.25, 0.3) is 0 Å². The molecule has 0 N–H and O–H groups in total. The number of nitriles is 2. The fourth-order valence-corrected chi connectivity index (χ4v) is 5.45. The summed E-state index contributed by atoms with van der Waals surface area (Å²) in [5.74, 6) is 0.336. The Kier molecular flexibility index (Phi) is 15.6. The molecule has 8 nitrogen and oxygen atoms in total. The Hall–Kier alpha value is -4.24. The van der Waals surface area contributed by atoms with Crippen LogP contribution in [-0.4, -0.2) is 47.8 Å². The number of nitrogens with zero attached hydrogens (tertiary/aromatic N) is 4. The van der Waals surface area contributed by atoms with Crippen LogP contribution >= 0.6 is 23.2 Å². The highest BCUT2D eigenvalue weighted by Gasteiger charge is 2.27. The maximum Gasteiger partial charge on any atom is 0.253 e. The summed E-state index contributed by atoms with van der Waals surface area (Å²) in [4.78, 5) is 30.3. The van der Waals surface area contributed by atoms with Gasteiger partial charge in [-0.1, -0.05) is 76.6 Å². The zero-order chi connectivity index (χ0) is 35.1. The highest BCUT2D eigenvalue weighted by molar-refractivity contribution is 6.44. The van der Waals surface area contributed by atoms with Gasteiger partial charge in [0, 0.05) is 37.3 Å². The minimum atomic E-state index is -0.152. The van der Waals surface area contributed by atoms with E-state index >= 15 is 0 Å². The van der Waals surface area contributed by atoms with Crippen molar-refractivity contribution in [1.82, 2.24) is 9.80 Å². The molecule has 3 rings (SSSR count). The summed E-state index contributed by atoms with van der Waals surface area (Å²) in [7, 11) is 0. The number of carbonyl (C=O) groups excluding carboxylic acids is 2. The molecule has 0 spiro atoms.